The van der Waals surface area contributed by atoms with E-state index in [0.29, 0.717) is 0 Å². The summed E-state index contributed by atoms with van der Waals surface area (Å²) >= 11 is 0. The molecule has 0 radical (unpaired) electrons. The Bertz CT molecular complexity index is 600. The number of carbonyl (C=O) groups is 2. The Hall–Kier alpha value is -2.64. The molecule has 23 heavy (non-hydrogen) atoms. The van der Waals surface area contributed by atoms with Crippen molar-refractivity contribution in [1.29, 1.82) is 0 Å². The third-order valence-corrected chi connectivity index (χ3v) is 3.33. The Kier molecular flexibility index (Phi) is 6.49. The molecule has 0 heterocycles. The van der Waals surface area contributed by atoms with Crippen molar-refractivity contribution in [3.63, 3.8) is 0 Å². The fourth-order valence-corrected chi connectivity index (χ4v) is 1.64. The molecule has 1 N–H and O–H groups in total. The number of nitrogens with zero attached hydrogens (tertiary/aromatic N) is 1. The fraction of sp³-hybridized carbons (Fsp3) is 0.467. The van der Waals surface area contributed by atoms with Gasteiger partial charge in [-0.15, -0.1) is 0 Å². The van der Waals surface area contributed by atoms with Gasteiger partial charge in [0, 0.05) is 12.1 Å². The lowest BCUT2D eigenvalue weighted by molar-refractivity contribution is -0.385. The van der Waals surface area contributed by atoms with Gasteiger partial charge in [0.25, 0.3) is 5.91 Å². The summed E-state index contributed by atoms with van der Waals surface area (Å²) in [5, 5.41) is 13.6. The second-order valence-corrected chi connectivity index (χ2v) is 5.32. The number of amides is 1. The first-order chi connectivity index (χ1) is 10.8. The van der Waals surface area contributed by atoms with Crippen LogP contribution in [0.25, 0.3) is 0 Å². The zero-order valence-corrected chi connectivity index (χ0v) is 13.5. The third kappa shape index (κ3) is 5.24. The summed E-state index contributed by atoms with van der Waals surface area (Å²) in [4.78, 5) is 33.8. The van der Waals surface area contributed by atoms with Crippen LogP contribution in [-0.4, -0.2) is 36.6 Å². The number of nitrogens with one attached hydrogen (secondary N) is 1. The highest BCUT2D eigenvalue weighted by atomic mass is 16.6. The number of nitro benzene ring substituents is 1. The average molecular weight is 324 g/mol. The van der Waals surface area contributed by atoms with E-state index < -0.39 is 23.4 Å². The summed E-state index contributed by atoms with van der Waals surface area (Å²) in [6, 6.07) is 3.64. The molecule has 1 amide bonds. The summed E-state index contributed by atoms with van der Waals surface area (Å²) in [6.45, 7) is 5.30. The van der Waals surface area contributed by atoms with Gasteiger partial charge in [0.2, 0.25) is 0 Å². The molecule has 0 saturated carbocycles. The molecule has 0 aliphatic rings. The highest BCUT2D eigenvalue weighted by Crippen LogP contribution is 2.27. The van der Waals surface area contributed by atoms with Crippen LogP contribution in [-0.2, 0) is 9.53 Å². The molecule has 0 unspecified atom stereocenters. The van der Waals surface area contributed by atoms with Crippen molar-refractivity contribution in [2.75, 3.05) is 13.7 Å². The largest absolute Gasteiger partial charge is 0.490 e. The molecular formula is C15H20N2O6. The third-order valence-electron chi connectivity index (χ3n) is 3.33. The van der Waals surface area contributed by atoms with E-state index >= 15 is 0 Å². The molecular weight excluding hydrogens is 304 g/mol. The van der Waals surface area contributed by atoms with E-state index in [2.05, 4.69) is 5.32 Å². The molecule has 0 aliphatic heterocycles. The predicted molar refractivity (Wildman–Crippen MR) is 82.4 cm³/mol. The monoisotopic (exact) mass is 324 g/mol. The van der Waals surface area contributed by atoms with E-state index in [-0.39, 0.29) is 29.0 Å². The van der Waals surface area contributed by atoms with Crippen LogP contribution in [0.4, 0.5) is 5.69 Å². The fourth-order valence-electron chi connectivity index (χ4n) is 1.64. The number of hydrogen-bond acceptors (Lipinski definition) is 6. The van der Waals surface area contributed by atoms with Gasteiger partial charge >= 0.3 is 11.7 Å². The Morgan fingerprint density at radius 1 is 1.30 bits per heavy atom. The standard InChI is InChI=1S/C15H20N2O6/c1-9(2)10(3)16-14(18)8-23-15(19)11-5-6-13(22-4)12(7-11)17(20)21/h5-7,9-10H,8H2,1-4H3,(H,16,18)/t10-/m0/s1. The van der Waals surface area contributed by atoms with Crippen LogP contribution in [0.5, 0.6) is 5.75 Å². The molecule has 1 aromatic carbocycles. The van der Waals surface area contributed by atoms with Crippen LogP contribution in [0.2, 0.25) is 0 Å². The van der Waals surface area contributed by atoms with Crippen LogP contribution in [0, 0.1) is 16.0 Å². The first kappa shape index (κ1) is 18.4. The number of hydrogen-bond donors (Lipinski definition) is 1. The molecule has 126 valence electrons. The predicted octanol–water partition coefficient (Wildman–Crippen LogP) is 1.92. The van der Waals surface area contributed by atoms with Gasteiger partial charge in [0.1, 0.15) is 0 Å². The number of nitro groups is 1. The lowest BCUT2D eigenvalue weighted by atomic mass is 10.1. The molecule has 1 atom stereocenters. The minimum absolute atomic E-state index is 0.0257. The highest BCUT2D eigenvalue weighted by molar-refractivity contribution is 5.92. The second-order valence-electron chi connectivity index (χ2n) is 5.32. The molecule has 0 fully saturated rings. The van der Waals surface area contributed by atoms with E-state index in [1.807, 2.05) is 20.8 Å². The summed E-state index contributed by atoms with van der Waals surface area (Å²) < 4.78 is 9.71. The van der Waals surface area contributed by atoms with Gasteiger partial charge in [-0.3, -0.25) is 14.9 Å². The van der Waals surface area contributed by atoms with Crippen LogP contribution in [0.15, 0.2) is 18.2 Å². The maximum Gasteiger partial charge on any atom is 0.338 e. The maximum absolute atomic E-state index is 11.9. The van der Waals surface area contributed by atoms with E-state index in [9.17, 15) is 19.7 Å². The highest BCUT2D eigenvalue weighted by Gasteiger charge is 2.20. The molecule has 1 rings (SSSR count). The Morgan fingerprint density at radius 2 is 1.96 bits per heavy atom. The summed E-state index contributed by atoms with van der Waals surface area (Å²) in [5.74, 6) is -0.959. The molecule has 1 aromatic rings. The van der Waals surface area contributed by atoms with Crippen LogP contribution in [0.3, 0.4) is 0 Å². The number of benzene rings is 1. The summed E-state index contributed by atoms with van der Waals surface area (Å²) in [5.41, 5.74) is -0.373. The SMILES string of the molecule is COc1ccc(C(=O)OCC(=O)N[C@@H](C)C(C)C)cc1[N+](=O)[O-]. The van der Waals surface area contributed by atoms with Gasteiger partial charge < -0.3 is 14.8 Å². The van der Waals surface area contributed by atoms with E-state index in [4.69, 9.17) is 9.47 Å². The Labute approximate surface area is 133 Å². The number of carbonyl (C=O) groups excluding carboxylic acids is 2. The zero-order valence-electron chi connectivity index (χ0n) is 13.5. The van der Waals surface area contributed by atoms with Crippen molar-refractivity contribution < 1.29 is 24.0 Å². The lowest BCUT2D eigenvalue weighted by Crippen LogP contribution is -2.38. The van der Waals surface area contributed by atoms with Crippen LogP contribution in [0.1, 0.15) is 31.1 Å². The van der Waals surface area contributed by atoms with Gasteiger partial charge in [-0.1, -0.05) is 13.8 Å². The first-order valence-electron chi connectivity index (χ1n) is 7.05. The summed E-state index contributed by atoms with van der Waals surface area (Å²) in [7, 11) is 1.29. The Morgan fingerprint density at radius 3 is 2.48 bits per heavy atom. The normalized spacial score (nSPS) is 11.7. The maximum atomic E-state index is 11.9. The molecule has 0 spiro atoms. The number of rotatable bonds is 7. The van der Waals surface area contributed by atoms with Crippen molar-refractivity contribution in [1.82, 2.24) is 5.32 Å². The van der Waals surface area contributed by atoms with E-state index in [1.54, 1.807) is 0 Å². The quantitative estimate of drug-likeness (QED) is 0.466. The number of methoxy groups -OCH3 is 1. The van der Waals surface area contributed by atoms with Gasteiger partial charge in [-0.05, 0) is 25.0 Å². The van der Waals surface area contributed by atoms with E-state index in [1.165, 1.54) is 19.2 Å². The van der Waals surface area contributed by atoms with Gasteiger partial charge in [-0.2, -0.15) is 0 Å². The Balaban J connectivity index is 2.70. The molecule has 0 saturated heterocycles. The lowest BCUT2D eigenvalue weighted by Gasteiger charge is -2.17. The topological polar surface area (TPSA) is 108 Å². The van der Waals surface area contributed by atoms with Crippen molar-refractivity contribution >= 4 is 17.6 Å². The minimum atomic E-state index is -0.817. The van der Waals surface area contributed by atoms with Crippen LogP contribution < -0.4 is 10.1 Å². The first-order valence-corrected chi connectivity index (χ1v) is 7.05. The van der Waals surface area contributed by atoms with Crippen molar-refractivity contribution in [2.45, 2.75) is 26.8 Å². The molecule has 0 aliphatic carbocycles. The van der Waals surface area contributed by atoms with Gasteiger partial charge in [-0.25, -0.2) is 4.79 Å². The zero-order chi connectivity index (χ0) is 17.6. The second kappa shape index (κ2) is 8.11. The molecule has 0 aromatic heterocycles. The minimum Gasteiger partial charge on any atom is -0.490 e. The molecule has 8 heteroatoms. The van der Waals surface area contributed by atoms with Crippen LogP contribution >= 0.6 is 0 Å². The van der Waals surface area contributed by atoms with Gasteiger partial charge in [0.05, 0.1) is 17.6 Å². The average Bonchev–Trinajstić information content (AvgIpc) is 2.51. The van der Waals surface area contributed by atoms with Crippen molar-refractivity contribution in [3.05, 3.63) is 33.9 Å². The number of esters is 1. The smallest absolute Gasteiger partial charge is 0.338 e. The van der Waals surface area contributed by atoms with Crippen molar-refractivity contribution in [3.8, 4) is 5.75 Å². The van der Waals surface area contributed by atoms with Gasteiger partial charge in [0.15, 0.2) is 12.4 Å². The van der Waals surface area contributed by atoms with Crippen molar-refractivity contribution in [2.24, 2.45) is 5.92 Å². The molecule has 0 bridgehead atoms. The number of ether oxygens (including phenoxy) is 2. The molecule has 8 nitrogen and oxygen atoms in total. The summed E-state index contributed by atoms with van der Waals surface area (Å²) in [6.07, 6.45) is 0. The van der Waals surface area contributed by atoms with E-state index in [0.717, 1.165) is 6.07 Å².